The minimum Gasteiger partial charge on any atom is -0.549 e. The summed E-state index contributed by atoms with van der Waals surface area (Å²) in [5.74, 6) is 0. The first-order chi connectivity index (χ1) is 1.73. The predicted molar refractivity (Wildman–Crippen MR) is 21.5 cm³/mol. The van der Waals surface area contributed by atoms with Crippen molar-refractivity contribution in [3.8, 4) is 0 Å². The van der Waals surface area contributed by atoms with E-state index in [2.05, 4.69) is 5.73 Å². The fraction of sp³-hybridized carbons (Fsp3) is 0.333. The van der Waals surface area contributed by atoms with Crippen LogP contribution in [0.15, 0.2) is 0 Å². The Kier molecular flexibility index (Phi) is 24.3. The molecule has 0 aromatic heterocycles. The van der Waals surface area contributed by atoms with Crippen LogP contribution in [0.2, 0.25) is 0 Å². The molecule has 2 nitrogen and oxygen atoms in total. The zero-order chi connectivity index (χ0) is 3.58. The molecule has 0 spiro atoms. The Morgan fingerprint density at radius 3 is 1.67 bits per heavy atom. The Hall–Kier alpha value is 0.608. The predicted octanol–water partition coefficient (Wildman–Crippen LogP) is 0.275. The van der Waals surface area contributed by atoms with Gasteiger partial charge in [-0.1, -0.05) is 0 Å². The molecule has 0 atom stereocenters. The molecule has 0 aliphatic carbocycles. The second kappa shape index (κ2) is 9.15. The molecule has 0 saturated carbocycles. The smallest absolute Gasteiger partial charge is 0.549 e. The van der Waals surface area contributed by atoms with Crippen molar-refractivity contribution in [1.82, 2.24) is 0 Å². The fourth-order valence-corrected chi connectivity index (χ4v) is 0. The van der Waals surface area contributed by atoms with Crippen molar-refractivity contribution >= 4 is 0 Å². The average molecular weight is 270 g/mol. The Labute approximate surface area is 53.0 Å². The maximum atomic E-state index is 7.75. The van der Waals surface area contributed by atoms with Crippen LogP contribution in [0.5, 0.6) is 0 Å². The van der Waals surface area contributed by atoms with Gasteiger partial charge in [-0.25, -0.2) is 0 Å². The molecule has 3 N–H and O–H groups in total. The molecule has 6 heavy (non-hydrogen) atoms. The summed E-state index contributed by atoms with van der Waals surface area (Å²) in [7, 11) is 0. The second-order valence-corrected chi connectivity index (χ2v) is 0.641. The number of nitrogens with two attached hydrogens (primary N) is 1. The third kappa shape index (κ3) is 162. The maximum absolute atomic E-state index is 7.75. The van der Waals surface area contributed by atoms with Gasteiger partial charge in [0.2, 0.25) is 0 Å². The van der Waals surface area contributed by atoms with Gasteiger partial charge in [0.25, 0.3) is 0 Å². The van der Waals surface area contributed by atoms with Gasteiger partial charge >= 0.3 is 21.1 Å². The van der Waals surface area contributed by atoms with E-state index in [1.54, 1.807) is 0 Å². The van der Waals surface area contributed by atoms with Crippen molar-refractivity contribution in [2.24, 2.45) is 5.73 Å². The van der Waals surface area contributed by atoms with Crippen LogP contribution in [0.25, 0.3) is 0 Å². The quantitative estimate of drug-likeness (QED) is 0.621. The van der Waals surface area contributed by atoms with Crippen LogP contribution in [0.4, 0.5) is 0 Å². The number of rotatable bonds is 0. The van der Waals surface area contributed by atoms with Gasteiger partial charge in [0.05, 0.1) is 0 Å². The number of aliphatic hydroxyl groups excluding tert-OH is 1. The van der Waals surface area contributed by atoms with Crippen molar-refractivity contribution in [2.75, 3.05) is 0 Å². The molecular weight excluding hydrogens is 261 g/mol. The molecule has 0 aliphatic rings. The summed E-state index contributed by atoms with van der Waals surface area (Å²) in [6, 6.07) is 0. The fourth-order valence-electron chi connectivity index (χ4n) is 0. The summed E-state index contributed by atoms with van der Waals surface area (Å²) >= 11 is 0. The number of aliphatic hydroxyl groups is 1. The third-order valence-corrected chi connectivity index (χ3v) is 0. The molecule has 3 heteroatoms. The Morgan fingerprint density at radius 1 is 1.67 bits per heavy atom. The molecule has 0 radical (unpaired) electrons. The van der Waals surface area contributed by atoms with Crippen LogP contribution in [0.1, 0.15) is 6.92 Å². The topological polar surface area (TPSA) is 46.2 Å². The summed E-state index contributed by atoms with van der Waals surface area (Å²) in [6.45, 7) is 1.42. The number of hydrogen-bond acceptors (Lipinski definition) is 2. The molecule has 0 saturated heterocycles. The van der Waals surface area contributed by atoms with Crippen molar-refractivity contribution in [3.05, 3.63) is 13.7 Å². The van der Waals surface area contributed by atoms with Crippen molar-refractivity contribution < 1.29 is 26.2 Å². The van der Waals surface area contributed by atoms with Gasteiger partial charge < -0.3 is 18.3 Å². The van der Waals surface area contributed by atoms with Crippen molar-refractivity contribution in [3.63, 3.8) is 0 Å². The van der Waals surface area contributed by atoms with Crippen LogP contribution in [-0.2, 0) is 21.1 Å². The van der Waals surface area contributed by atoms with E-state index >= 15 is 0 Å². The van der Waals surface area contributed by atoms with Gasteiger partial charge in [-0.05, 0) is 0 Å². The minimum atomic E-state index is -0.0833. The standard InChI is InChI=1S/C2H6NO.CH3.Pt/c1-2(3)4;;/h4H,3H2,1H3;1H3;/q2*-1;+2. The van der Waals surface area contributed by atoms with Gasteiger partial charge in [-0.2, -0.15) is 6.92 Å². The summed E-state index contributed by atoms with van der Waals surface area (Å²) in [6.07, 6.45) is -0.0833. The molecule has 0 unspecified atom stereocenters. The van der Waals surface area contributed by atoms with Crippen LogP contribution in [0.3, 0.4) is 0 Å². The van der Waals surface area contributed by atoms with Crippen LogP contribution in [0, 0.1) is 13.7 Å². The first-order valence-electron chi connectivity index (χ1n) is 1.01. The molecule has 0 aromatic rings. The maximum Gasteiger partial charge on any atom is 2.00 e. The van der Waals surface area contributed by atoms with E-state index in [9.17, 15) is 0 Å². The summed E-state index contributed by atoms with van der Waals surface area (Å²) in [5.41, 5.74) is 4.58. The van der Waals surface area contributed by atoms with Gasteiger partial charge in [-0.3, -0.25) is 0 Å². The molecule has 42 valence electrons. The minimum absolute atomic E-state index is 0. The van der Waals surface area contributed by atoms with E-state index in [1.807, 2.05) is 0 Å². The molecule has 0 fully saturated rings. The van der Waals surface area contributed by atoms with E-state index in [1.165, 1.54) is 6.92 Å². The Morgan fingerprint density at radius 2 is 1.67 bits per heavy atom. The first kappa shape index (κ1) is 16.0. The molecule has 0 rings (SSSR count). The second-order valence-electron chi connectivity index (χ2n) is 0.641. The summed E-state index contributed by atoms with van der Waals surface area (Å²) in [5, 5.41) is 7.75. The first-order valence-corrected chi connectivity index (χ1v) is 1.01. The van der Waals surface area contributed by atoms with Gasteiger partial charge in [0.1, 0.15) is 0 Å². The van der Waals surface area contributed by atoms with E-state index in [-0.39, 0.29) is 34.7 Å². The normalized spacial score (nSPS) is 6.00. The molecule has 0 amide bonds. The zero-order valence-electron chi connectivity index (χ0n) is 3.84. The van der Waals surface area contributed by atoms with Gasteiger partial charge in [0, 0.05) is 0 Å². The zero-order valence-corrected chi connectivity index (χ0v) is 6.11. The van der Waals surface area contributed by atoms with E-state index < -0.39 is 0 Å². The van der Waals surface area contributed by atoms with E-state index in [0.29, 0.717) is 0 Å². The summed E-state index contributed by atoms with van der Waals surface area (Å²) in [4.78, 5) is 0. The summed E-state index contributed by atoms with van der Waals surface area (Å²) < 4.78 is 0. The average Bonchev–Trinajstić information content (AvgIpc) is 0.811. The molecule has 0 aromatic carbocycles. The van der Waals surface area contributed by atoms with Crippen molar-refractivity contribution in [2.45, 2.75) is 6.92 Å². The monoisotopic (exact) mass is 270 g/mol. The van der Waals surface area contributed by atoms with Gasteiger partial charge in [-0.15, -0.1) is 6.23 Å². The van der Waals surface area contributed by atoms with Crippen LogP contribution < -0.4 is 5.73 Å². The SMILES string of the molecule is C[C-](N)O.[CH3-].[Pt+2]. The van der Waals surface area contributed by atoms with Crippen LogP contribution >= 0.6 is 0 Å². The molecule has 0 bridgehead atoms. The van der Waals surface area contributed by atoms with E-state index in [4.69, 9.17) is 5.11 Å². The van der Waals surface area contributed by atoms with Gasteiger partial charge in [0.15, 0.2) is 0 Å². The number of hydrogen-bond donors (Lipinski definition) is 2. The molecule has 0 aliphatic heterocycles. The van der Waals surface area contributed by atoms with E-state index in [0.717, 1.165) is 0 Å². The van der Waals surface area contributed by atoms with Crippen molar-refractivity contribution in [1.29, 1.82) is 0 Å². The third-order valence-electron chi connectivity index (χ3n) is 0. The van der Waals surface area contributed by atoms with Crippen LogP contribution in [-0.4, -0.2) is 5.11 Å². The molecule has 0 heterocycles. The largest absolute Gasteiger partial charge is 2.00 e. The molecular formula is C3H9NOPt. The Balaban J connectivity index is -0.0000000450. The Bertz CT molecular complexity index is 15.5.